The summed E-state index contributed by atoms with van der Waals surface area (Å²) in [6.45, 7) is 3.13. The van der Waals surface area contributed by atoms with Crippen LogP contribution in [0.4, 0.5) is 16.2 Å². The monoisotopic (exact) mass is 677 g/mol. The molecule has 0 aliphatic rings. The SMILES string of the molecule is O=C(Nc1cccc(I)c1)Nc1cccc(COCCOCCCCCCNC[C@@H](O)c2ccc(O)c(CO)c2)c1. The lowest BCUT2D eigenvalue weighted by molar-refractivity contribution is 0.0393. The molecule has 0 unspecified atom stereocenters. The summed E-state index contributed by atoms with van der Waals surface area (Å²) in [5.74, 6) is 0.0323. The zero-order chi connectivity index (χ0) is 29.3. The minimum absolute atomic E-state index is 0.0323. The normalized spacial score (nSPS) is 11.8. The van der Waals surface area contributed by atoms with Crippen molar-refractivity contribution in [2.75, 3.05) is 43.5 Å². The van der Waals surface area contributed by atoms with Gasteiger partial charge < -0.3 is 40.7 Å². The van der Waals surface area contributed by atoms with Crippen molar-refractivity contribution in [3.63, 3.8) is 0 Å². The maximum atomic E-state index is 12.3. The van der Waals surface area contributed by atoms with E-state index in [1.807, 2.05) is 48.5 Å². The molecule has 0 aliphatic carbocycles. The van der Waals surface area contributed by atoms with Crippen molar-refractivity contribution in [2.24, 2.45) is 0 Å². The van der Waals surface area contributed by atoms with Crippen LogP contribution in [-0.4, -0.2) is 54.3 Å². The van der Waals surface area contributed by atoms with Gasteiger partial charge in [0.05, 0.1) is 32.5 Å². The Labute approximate surface area is 255 Å². The Hall–Kier alpha value is -2.74. The number of aliphatic hydroxyl groups is 2. The molecule has 222 valence electrons. The van der Waals surface area contributed by atoms with Gasteiger partial charge in [-0.25, -0.2) is 4.79 Å². The molecule has 0 spiro atoms. The molecule has 0 saturated heterocycles. The van der Waals surface area contributed by atoms with Crippen molar-refractivity contribution in [3.8, 4) is 5.75 Å². The molecule has 9 nitrogen and oxygen atoms in total. The van der Waals surface area contributed by atoms with Crippen molar-refractivity contribution in [2.45, 2.75) is 45.0 Å². The second-order valence-corrected chi connectivity index (χ2v) is 10.9. The standard InChI is InChI=1S/C31H40IN3O6/c32-26-8-6-10-28(19-26)35-31(39)34-27-9-5-7-23(17-27)22-41-16-15-40-14-4-2-1-3-13-33-20-30(38)24-11-12-29(37)25(18-24)21-36/h5-12,17-19,30,33,36-38H,1-4,13-16,20-22H2,(H2,34,35,39)/t30-/m1/s1. The summed E-state index contributed by atoms with van der Waals surface area (Å²) in [5.41, 5.74) is 3.49. The van der Waals surface area contributed by atoms with E-state index < -0.39 is 6.10 Å². The van der Waals surface area contributed by atoms with Crippen LogP contribution in [0.3, 0.4) is 0 Å². The number of hydrogen-bond acceptors (Lipinski definition) is 7. The van der Waals surface area contributed by atoms with Gasteiger partial charge in [0.1, 0.15) is 5.75 Å². The van der Waals surface area contributed by atoms with Crippen LogP contribution < -0.4 is 16.0 Å². The lowest BCUT2D eigenvalue weighted by Gasteiger charge is -2.14. The molecular formula is C31H40IN3O6. The Morgan fingerprint density at radius 2 is 1.59 bits per heavy atom. The van der Waals surface area contributed by atoms with Gasteiger partial charge in [0, 0.05) is 33.7 Å². The van der Waals surface area contributed by atoms with Crippen molar-refractivity contribution in [1.82, 2.24) is 5.32 Å². The number of amides is 2. The fourth-order valence-electron chi connectivity index (χ4n) is 4.11. The Kier molecular flexibility index (Phi) is 14.9. The molecule has 3 aromatic rings. The summed E-state index contributed by atoms with van der Waals surface area (Å²) in [6, 6.07) is 19.7. The summed E-state index contributed by atoms with van der Waals surface area (Å²) >= 11 is 2.20. The van der Waals surface area contributed by atoms with Gasteiger partial charge in [-0.1, -0.05) is 37.1 Å². The van der Waals surface area contributed by atoms with E-state index in [0.717, 1.165) is 47.0 Å². The van der Waals surface area contributed by atoms with Gasteiger partial charge in [-0.05, 0) is 95.6 Å². The highest BCUT2D eigenvalue weighted by Gasteiger charge is 2.10. The predicted molar refractivity (Wildman–Crippen MR) is 169 cm³/mol. The molecule has 0 fully saturated rings. The summed E-state index contributed by atoms with van der Waals surface area (Å²) < 4.78 is 12.4. The minimum atomic E-state index is -0.687. The number of carbonyl (C=O) groups is 1. The number of anilines is 2. The first-order chi connectivity index (χ1) is 19.9. The van der Waals surface area contributed by atoms with Crippen LogP contribution in [0.15, 0.2) is 66.7 Å². The third-order valence-electron chi connectivity index (χ3n) is 6.30. The van der Waals surface area contributed by atoms with E-state index in [1.165, 1.54) is 6.07 Å². The number of rotatable bonds is 18. The molecule has 3 aromatic carbocycles. The number of aliphatic hydroxyl groups excluding tert-OH is 2. The third kappa shape index (κ3) is 12.8. The van der Waals surface area contributed by atoms with E-state index >= 15 is 0 Å². The number of phenols is 1. The second kappa shape index (κ2) is 18.6. The first-order valence-corrected chi connectivity index (χ1v) is 14.9. The van der Waals surface area contributed by atoms with Crippen LogP contribution >= 0.6 is 22.6 Å². The molecule has 2 amide bonds. The first-order valence-electron chi connectivity index (χ1n) is 13.8. The van der Waals surface area contributed by atoms with E-state index in [0.29, 0.717) is 49.8 Å². The van der Waals surface area contributed by atoms with Crippen LogP contribution in [-0.2, 0) is 22.7 Å². The van der Waals surface area contributed by atoms with Gasteiger partial charge in [0.15, 0.2) is 0 Å². The lowest BCUT2D eigenvalue weighted by Crippen LogP contribution is -2.22. The summed E-state index contributed by atoms with van der Waals surface area (Å²) in [7, 11) is 0. The predicted octanol–water partition coefficient (Wildman–Crippen LogP) is 5.55. The van der Waals surface area contributed by atoms with Gasteiger partial charge in [0.25, 0.3) is 0 Å². The van der Waals surface area contributed by atoms with Gasteiger partial charge in [-0.2, -0.15) is 0 Å². The topological polar surface area (TPSA) is 132 Å². The molecule has 0 heterocycles. The van der Waals surface area contributed by atoms with E-state index in [1.54, 1.807) is 12.1 Å². The maximum Gasteiger partial charge on any atom is 0.323 e. The lowest BCUT2D eigenvalue weighted by atomic mass is 10.1. The number of unbranched alkanes of at least 4 members (excludes halogenated alkanes) is 3. The average molecular weight is 678 g/mol. The Bertz CT molecular complexity index is 1210. The van der Waals surface area contributed by atoms with E-state index in [4.69, 9.17) is 9.47 Å². The molecule has 0 aromatic heterocycles. The largest absolute Gasteiger partial charge is 0.508 e. The first kappa shape index (κ1) is 32.8. The molecule has 41 heavy (non-hydrogen) atoms. The van der Waals surface area contributed by atoms with Crippen molar-refractivity contribution >= 4 is 40.0 Å². The Morgan fingerprint density at radius 3 is 2.37 bits per heavy atom. The van der Waals surface area contributed by atoms with Crippen molar-refractivity contribution in [3.05, 3.63) is 87.0 Å². The van der Waals surface area contributed by atoms with Crippen LogP contribution in [0.25, 0.3) is 0 Å². The summed E-state index contributed by atoms with van der Waals surface area (Å²) in [5, 5.41) is 38.1. The molecule has 0 saturated carbocycles. The fourth-order valence-corrected chi connectivity index (χ4v) is 4.66. The zero-order valence-electron chi connectivity index (χ0n) is 23.2. The highest BCUT2D eigenvalue weighted by molar-refractivity contribution is 14.1. The molecule has 0 bridgehead atoms. The average Bonchev–Trinajstić information content (AvgIpc) is 2.95. The zero-order valence-corrected chi connectivity index (χ0v) is 25.3. The number of urea groups is 1. The van der Waals surface area contributed by atoms with E-state index in [2.05, 4.69) is 38.5 Å². The Morgan fingerprint density at radius 1 is 0.854 bits per heavy atom. The number of hydrogen-bond donors (Lipinski definition) is 6. The van der Waals surface area contributed by atoms with Crippen LogP contribution in [0.2, 0.25) is 0 Å². The highest BCUT2D eigenvalue weighted by atomic mass is 127. The molecule has 6 N–H and O–H groups in total. The highest BCUT2D eigenvalue weighted by Crippen LogP contribution is 2.22. The van der Waals surface area contributed by atoms with Crippen LogP contribution in [0.5, 0.6) is 5.75 Å². The Balaban J connectivity index is 1.16. The van der Waals surface area contributed by atoms with Crippen LogP contribution in [0.1, 0.15) is 48.5 Å². The van der Waals surface area contributed by atoms with Crippen LogP contribution in [0, 0.1) is 3.57 Å². The van der Waals surface area contributed by atoms with E-state index in [9.17, 15) is 20.1 Å². The number of nitrogens with one attached hydrogen (secondary N) is 3. The van der Waals surface area contributed by atoms with Crippen molar-refractivity contribution in [1.29, 1.82) is 0 Å². The molecular weight excluding hydrogens is 637 g/mol. The van der Waals surface area contributed by atoms with E-state index in [-0.39, 0.29) is 18.4 Å². The smallest absolute Gasteiger partial charge is 0.323 e. The number of benzene rings is 3. The van der Waals surface area contributed by atoms with Gasteiger partial charge in [-0.3, -0.25) is 0 Å². The number of carbonyl (C=O) groups excluding carboxylic acids is 1. The maximum absolute atomic E-state index is 12.3. The minimum Gasteiger partial charge on any atom is -0.508 e. The molecule has 3 rings (SSSR count). The number of ether oxygens (including phenoxy) is 2. The summed E-state index contributed by atoms with van der Waals surface area (Å²) in [4.78, 5) is 12.3. The molecule has 0 aliphatic heterocycles. The van der Waals surface area contributed by atoms with Gasteiger partial charge in [0.2, 0.25) is 0 Å². The molecule has 0 radical (unpaired) electrons. The molecule has 1 atom stereocenters. The molecule has 10 heteroatoms. The quantitative estimate of drug-likeness (QED) is 0.0769. The van der Waals surface area contributed by atoms with Crippen molar-refractivity contribution < 1.29 is 29.6 Å². The van der Waals surface area contributed by atoms with Gasteiger partial charge >= 0.3 is 6.03 Å². The summed E-state index contributed by atoms with van der Waals surface area (Å²) in [6.07, 6.45) is 3.45. The number of halogens is 1. The fraction of sp³-hybridized carbons (Fsp3) is 0.387. The van der Waals surface area contributed by atoms with Gasteiger partial charge in [-0.15, -0.1) is 0 Å². The second-order valence-electron chi connectivity index (χ2n) is 9.64. The third-order valence-corrected chi connectivity index (χ3v) is 6.97. The number of aromatic hydroxyl groups is 1.